The maximum absolute atomic E-state index is 11.6. The fourth-order valence-corrected chi connectivity index (χ4v) is 1.34. The van der Waals surface area contributed by atoms with Gasteiger partial charge in [-0.25, -0.2) is 4.79 Å². The molecule has 0 aromatic carbocycles. The smallest absolute Gasteiger partial charge is 0.326 e. The summed E-state index contributed by atoms with van der Waals surface area (Å²) >= 11 is 0. The van der Waals surface area contributed by atoms with Gasteiger partial charge in [0.1, 0.15) is 6.04 Å². The first kappa shape index (κ1) is 13.0. The van der Waals surface area contributed by atoms with Crippen molar-refractivity contribution in [3.8, 4) is 0 Å². The number of pyridine rings is 1. The molecule has 0 aliphatic rings. The highest BCUT2D eigenvalue weighted by Crippen LogP contribution is 2.00. The number of aliphatic carboxylic acids is 1. The summed E-state index contributed by atoms with van der Waals surface area (Å²) in [5.74, 6) is -1.58. The minimum Gasteiger partial charge on any atom is -0.480 e. The second kappa shape index (κ2) is 5.83. The number of carbonyl (C=O) groups is 2. The third-order valence-corrected chi connectivity index (χ3v) is 2.23. The zero-order chi connectivity index (χ0) is 12.8. The molecule has 0 fully saturated rings. The Kier molecular flexibility index (Phi) is 4.45. The summed E-state index contributed by atoms with van der Waals surface area (Å²) in [7, 11) is 0. The molecule has 0 spiro atoms. The molecule has 3 N–H and O–H groups in total. The Morgan fingerprint density at radius 2 is 2.18 bits per heavy atom. The van der Waals surface area contributed by atoms with Crippen LogP contribution in [0.1, 0.15) is 30.1 Å². The lowest BCUT2D eigenvalue weighted by molar-refractivity contribution is -0.139. The van der Waals surface area contributed by atoms with Crippen LogP contribution in [0.3, 0.4) is 0 Å². The number of carboxylic acid groups (broad SMARTS) is 1. The van der Waals surface area contributed by atoms with Gasteiger partial charge < -0.3 is 15.4 Å². The Morgan fingerprint density at radius 1 is 1.47 bits per heavy atom. The summed E-state index contributed by atoms with van der Waals surface area (Å²) in [5, 5.41) is 11.3. The second-order valence-electron chi connectivity index (χ2n) is 3.59. The van der Waals surface area contributed by atoms with Crippen molar-refractivity contribution >= 4 is 11.9 Å². The van der Waals surface area contributed by atoms with Crippen molar-refractivity contribution in [2.24, 2.45) is 0 Å². The molecule has 0 unspecified atom stereocenters. The highest BCUT2D eigenvalue weighted by atomic mass is 16.4. The number of amides is 1. The van der Waals surface area contributed by atoms with Crippen molar-refractivity contribution in [2.75, 3.05) is 0 Å². The first-order valence-corrected chi connectivity index (χ1v) is 5.27. The summed E-state index contributed by atoms with van der Waals surface area (Å²) in [6.07, 6.45) is 2.27. The highest BCUT2D eigenvalue weighted by molar-refractivity contribution is 5.96. The van der Waals surface area contributed by atoms with E-state index in [1.54, 1.807) is 0 Å². The van der Waals surface area contributed by atoms with Crippen LogP contribution in [0.25, 0.3) is 0 Å². The largest absolute Gasteiger partial charge is 0.480 e. The van der Waals surface area contributed by atoms with E-state index in [9.17, 15) is 14.4 Å². The number of carboxylic acids is 1. The van der Waals surface area contributed by atoms with Gasteiger partial charge in [-0.3, -0.25) is 9.59 Å². The van der Waals surface area contributed by atoms with Crippen LogP contribution in [0, 0.1) is 0 Å². The predicted molar refractivity (Wildman–Crippen MR) is 60.9 cm³/mol. The number of carbonyl (C=O) groups excluding carboxylic acids is 1. The number of rotatable bonds is 5. The Morgan fingerprint density at radius 3 is 2.65 bits per heavy atom. The van der Waals surface area contributed by atoms with Gasteiger partial charge in [0.2, 0.25) is 5.56 Å². The average molecular weight is 238 g/mol. The second-order valence-corrected chi connectivity index (χ2v) is 3.59. The molecular weight excluding hydrogens is 224 g/mol. The molecular formula is C11H14N2O4. The molecule has 0 aliphatic heterocycles. The van der Waals surface area contributed by atoms with E-state index in [0.717, 1.165) is 0 Å². The van der Waals surface area contributed by atoms with Crippen LogP contribution in [0.4, 0.5) is 0 Å². The van der Waals surface area contributed by atoms with Gasteiger partial charge in [-0.2, -0.15) is 0 Å². The number of H-pyrrole nitrogens is 1. The van der Waals surface area contributed by atoms with Crippen LogP contribution in [0.2, 0.25) is 0 Å². The van der Waals surface area contributed by atoms with Gasteiger partial charge >= 0.3 is 5.97 Å². The van der Waals surface area contributed by atoms with E-state index in [-0.39, 0.29) is 11.1 Å². The molecule has 0 saturated carbocycles. The van der Waals surface area contributed by atoms with E-state index >= 15 is 0 Å². The van der Waals surface area contributed by atoms with Crippen molar-refractivity contribution in [1.82, 2.24) is 10.3 Å². The van der Waals surface area contributed by atoms with Crippen LogP contribution in [-0.2, 0) is 4.79 Å². The average Bonchev–Trinajstić information content (AvgIpc) is 2.29. The van der Waals surface area contributed by atoms with E-state index in [2.05, 4.69) is 10.3 Å². The Bertz CT molecular complexity index is 446. The molecule has 1 heterocycles. The highest BCUT2D eigenvalue weighted by Gasteiger charge is 2.19. The SMILES string of the molecule is CCC[C@@H](NC(=O)c1ccc(=O)[nH]c1)C(=O)O. The third kappa shape index (κ3) is 3.75. The van der Waals surface area contributed by atoms with Crippen molar-refractivity contribution in [2.45, 2.75) is 25.8 Å². The van der Waals surface area contributed by atoms with Crippen molar-refractivity contribution in [3.05, 3.63) is 34.2 Å². The van der Waals surface area contributed by atoms with Gasteiger partial charge in [0.05, 0.1) is 5.56 Å². The van der Waals surface area contributed by atoms with Gasteiger partial charge in [-0.1, -0.05) is 13.3 Å². The molecule has 1 amide bonds. The summed E-state index contributed by atoms with van der Waals surface area (Å²) in [6, 6.07) is 1.66. The predicted octanol–water partition coefficient (Wildman–Crippen LogP) is 0.358. The number of nitrogens with one attached hydrogen (secondary N) is 2. The van der Waals surface area contributed by atoms with Crippen molar-refractivity contribution < 1.29 is 14.7 Å². The maximum atomic E-state index is 11.6. The summed E-state index contributed by atoms with van der Waals surface area (Å²) < 4.78 is 0. The minimum absolute atomic E-state index is 0.229. The van der Waals surface area contributed by atoms with E-state index in [1.165, 1.54) is 18.3 Å². The van der Waals surface area contributed by atoms with Crippen LogP contribution in [-0.4, -0.2) is 28.0 Å². The van der Waals surface area contributed by atoms with Crippen molar-refractivity contribution in [1.29, 1.82) is 0 Å². The van der Waals surface area contributed by atoms with Gasteiger partial charge in [0.15, 0.2) is 0 Å². The normalized spacial score (nSPS) is 11.8. The third-order valence-electron chi connectivity index (χ3n) is 2.23. The lowest BCUT2D eigenvalue weighted by atomic mass is 10.1. The molecule has 92 valence electrons. The fraction of sp³-hybridized carbons (Fsp3) is 0.364. The Hall–Kier alpha value is -2.11. The zero-order valence-electron chi connectivity index (χ0n) is 9.40. The van der Waals surface area contributed by atoms with Gasteiger partial charge in [0, 0.05) is 12.3 Å². The molecule has 6 nitrogen and oxygen atoms in total. The Labute approximate surface area is 97.7 Å². The van der Waals surface area contributed by atoms with Crippen LogP contribution in [0.15, 0.2) is 23.1 Å². The van der Waals surface area contributed by atoms with E-state index in [4.69, 9.17) is 5.11 Å². The van der Waals surface area contributed by atoms with Gasteiger partial charge in [-0.15, -0.1) is 0 Å². The molecule has 0 aliphatic carbocycles. The standard InChI is InChI=1S/C11H14N2O4/c1-2-3-8(11(16)17)13-10(15)7-4-5-9(14)12-6-7/h4-6,8H,2-3H2,1H3,(H,12,14)(H,13,15)(H,16,17)/t8-/m1/s1. The van der Waals surface area contributed by atoms with Crippen LogP contribution >= 0.6 is 0 Å². The molecule has 1 atom stereocenters. The minimum atomic E-state index is -1.07. The molecule has 6 heteroatoms. The van der Waals surface area contributed by atoms with Gasteiger partial charge in [0.25, 0.3) is 5.91 Å². The molecule has 0 saturated heterocycles. The van der Waals surface area contributed by atoms with Crippen LogP contribution < -0.4 is 10.9 Å². The monoisotopic (exact) mass is 238 g/mol. The first-order valence-electron chi connectivity index (χ1n) is 5.27. The molecule has 1 rings (SSSR count). The number of aromatic amines is 1. The van der Waals surface area contributed by atoms with Crippen molar-refractivity contribution in [3.63, 3.8) is 0 Å². The number of hydrogen-bond donors (Lipinski definition) is 3. The number of hydrogen-bond acceptors (Lipinski definition) is 3. The number of aromatic nitrogens is 1. The van der Waals surface area contributed by atoms with Crippen LogP contribution in [0.5, 0.6) is 0 Å². The lowest BCUT2D eigenvalue weighted by Crippen LogP contribution is -2.40. The molecule has 17 heavy (non-hydrogen) atoms. The Balaban J connectivity index is 2.73. The topological polar surface area (TPSA) is 99.3 Å². The first-order chi connectivity index (χ1) is 8.04. The maximum Gasteiger partial charge on any atom is 0.326 e. The fourth-order valence-electron chi connectivity index (χ4n) is 1.34. The molecule has 0 bridgehead atoms. The molecule has 1 aromatic rings. The van der Waals surface area contributed by atoms with E-state index in [0.29, 0.717) is 12.8 Å². The zero-order valence-corrected chi connectivity index (χ0v) is 9.40. The van der Waals surface area contributed by atoms with E-state index in [1.807, 2.05) is 6.92 Å². The summed E-state index contributed by atoms with van der Waals surface area (Å²) in [6.45, 7) is 1.84. The lowest BCUT2D eigenvalue weighted by Gasteiger charge is -2.13. The molecule has 1 aromatic heterocycles. The van der Waals surface area contributed by atoms with Gasteiger partial charge in [-0.05, 0) is 12.5 Å². The molecule has 0 radical (unpaired) electrons. The summed E-state index contributed by atoms with van der Waals surface area (Å²) in [5.41, 5.74) is -0.0863. The quantitative estimate of drug-likeness (QED) is 0.689. The summed E-state index contributed by atoms with van der Waals surface area (Å²) in [4.78, 5) is 35.6. The van der Waals surface area contributed by atoms with E-state index < -0.39 is 17.9 Å².